The summed E-state index contributed by atoms with van der Waals surface area (Å²) in [7, 11) is 0. The number of carbonyl (C=O) groups is 1. The van der Waals surface area contributed by atoms with Crippen molar-refractivity contribution < 1.29 is 9.90 Å². The Morgan fingerprint density at radius 2 is 2.24 bits per heavy atom. The number of aromatic nitrogens is 1. The van der Waals surface area contributed by atoms with Crippen molar-refractivity contribution in [3.8, 4) is 0 Å². The standard InChI is InChI=1S/C10H9BrN2O2S2/c11-6-1-8(16-4-6)3-12-2-7-5-17-9(13-7)10(14)15/h1,4-5,12H,2-3H2,(H,14,15). The monoisotopic (exact) mass is 332 g/mol. The van der Waals surface area contributed by atoms with Gasteiger partial charge in [-0.15, -0.1) is 22.7 Å². The Balaban J connectivity index is 1.83. The smallest absolute Gasteiger partial charge is 0.365 e. The van der Waals surface area contributed by atoms with Gasteiger partial charge in [-0.25, -0.2) is 9.78 Å². The van der Waals surface area contributed by atoms with E-state index in [2.05, 4.69) is 32.3 Å². The van der Waals surface area contributed by atoms with Gasteiger partial charge >= 0.3 is 5.97 Å². The van der Waals surface area contributed by atoms with E-state index >= 15 is 0 Å². The number of halogens is 1. The summed E-state index contributed by atoms with van der Waals surface area (Å²) < 4.78 is 1.08. The molecular weight excluding hydrogens is 324 g/mol. The molecule has 0 aliphatic rings. The second kappa shape index (κ2) is 5.72. The SMILES string of the molecule is O=C(O)c1nc(CNCc2cc(Br)cs2)cs1. The fraction of sp³-hybridized carbons (Fsp3) is 0.200. The average molecular weight is 333 g/mol. The molecule has 0 aliphatic heterocycles. The molecule has 0 bridgehead atoms. The van der Waals surface area contributed by atoms with Gasteiger partial charge < -0.3 is 10.4 Å². The van der Waals surface area contributed by atoms with Gasteiger partial charge in [-0.3, -0.25) is 0 Å². The third-order valence-electron chi connectivity index (χ3n) is 1.96. The molecule has 7 heteroatoms. The molecule has 17 heavy (non-hydrogen) atoms. The maximum atomic E-state index is 10.6. The average Bonchev–Trinajstić information content (AvgIpc) is 2.88. The van der Waals surface area contributed by atoms with Crippen molar-refractivity contribution in [3.05, 3.63) is 36.9 Å². The van der Waals surface area contributed by atoms with Gasteiger partial charge in [0.15, 0.2) is 0 Å². The van der Waals surface area contributed by atoms with Crippen molar-refractivity contribution in [1.82, 2.24) is 10.3 Å². The molecule has 90 valence electrons. The van der Waals surface area contributed by atoms with Gasteiger partial charge in [0.05, 0.1) is 5.69 Å². The lowest BCUT2D eigenvalue weighted by atomic mass is 10.4. The number of carboxylic acids is 1. The Morgan fingerprint density at radius 3 is 2.82 bits per heavy atom. The molecule has 0 amide bonds. The van der Waals surface area contributed by atoms with Crippen molar-refractivity contribution in [3.63, 3.8) is 0 Å². The van der Waals surface area contributed by atoms with Gasteiger partial charge in [0, 0.05) is 33.2 Å². The van der Waals surface area contributed by atoms with Crippen molar-refractivity contribution in [2.45, 2.75) is 13.1 Å². The largest absolute Gasteiger partial charge is 0.476 e. The first kappa shape index (κ1) is 12.7. The van der Waals surface area contributed by atoms with Crippen molar-refractivity contribution in [2.24, 2.45) is 0 Å². The lowest BCUT2D eigenvalue weighted by molar-refractivity contribution is 0.0696. The van der Waals surface area contributed by atoms with Crippen LogP contribution in [0.1, 0.15) is 20.4 Å². The Hall–Kier alpha value is -0.760. The summed E-state index contributed by atoms with van der Waals surface area (Å²) in [5.74, 6) is -0.969. The summed E-state index contributed by atoms with van der Waals surface area (Å²) in [5, 5.41) is 15.9. The van der Waals surface area contributed by atoms with Crippen LogP contribution < -0.4 is 5.32 Å². The minimum atomic E-state index is -0.969. The molecule has 0 saturated carbocycles. The minimum Gasteiger partial charge on any atom is -0.476 e. The Kier molecular flexibility index (Phi) is 4.27. The zero-order chi connectivity index (χ0) is 12.3. The molecule has 2 rings (SSSR count). The van der Waals surface area contributed by atoms with Crippen LogP contribution in [0.4, 0.5) is 0 Å². The summed E-state index contributed by atoms with van der Waals surface area (Å²) in [4.78, 5) is 15.9. The van der Waals surface area contributed by atoms with Crippen LogP contribution in [0.2, 0.25) is 0 Å². The van der Waals surface area contributed by atoms with E-state index < -0.39 is 5.97 Å². The first-order valence-electron chi connectivity index (χ1n) is 4.76. The van der Waals surface area contributed by atoms with E-state index in [1.165, 1.54) is 4.88 Å². The normalized spacial score (nSPS) is 10.6. The van der Waals surface area contributed by atoms with Crippen LogP contribution in [0.3, 0.4) is 0 Å². The van der Waals surface area contributed by atoms with E-state index in [9.17, 15) is 4.79 Å². The third-order valence-corrected chi connectivity index (χ3v) is 4.54. The van der Waals surface area contributed by atoms with Gasteiger partial charge in [-0.1, -0.05) is 0 Å². The highest BCUT2D eigenvalue weighted by Gasteiger charge is 2.08. The van der Waals surface area contributed by atoms with Crippen LogP contribution in [0, 0.1) is 0 Å². The molecule has 0 saturated heterocycles. The Labute approximate surface area is 114 Å². The number of thiazole rings is 1. The zero-order valence-electron chi connectivity index (χ0n) is 8.64. The molecule has 2 aromatic heterocycles. The maximum absolute atomic E-state index is 10.6. The predicted octanol–water partition coefficient (Wildman–Crippen LogP) is 2.96. The van der Waals surface area contributed by atoms with Gasteiger partial charge in [0.1, 0.15) is 0 Å². The molecule has 0 aliphatic carbocycles. The number of carboxylic acid groups (broad SMARTS) is 1. The van der Waals surface area contributed by atoms with Gasteiger partial charge in [-0.05, 0) is 22.0 Å². The molecule has 0 fully saturated rings. The van der Waals surface area contributed by atoms with E-state index in [1.54, 1.807) is 16.7 Å². The van der Waals surface area contributed by atoms with Gasteiger partial charge in [0.25, 0.3) is 0 Å². The quantitative estimate of drug-likeness (QED) is 0.883. The van der Waals surface area contributed by atoms with Crippen LogP contribution in [-0.2, 0) is 13.1 Å². The van der Waals surface area contributed by atoms with Crippen LogP contribution >= 0.6 is 38.6 Å². The van der Waals surface area contributed by atoms with E-state index in [0.29, 0.717) is 6.54 Å². The zero-order valence-corrected chi connectivity index (χ0v) is 11.9. The first-order valence-corrected chi connectivity index (χ1v) is 7.31. The molecule has 0 atom stereocenters. The van der Waals surface area contributed by atoms with Crippen molar-refractivity contribution in [2.75, 3.05) is 0 Å². The number of aromatic carboxylic acids is 1. The summed E-state index contributed by atoms with van der Waals surface area (Å²) in [6, 6.07) is 2.06. The molecule has 0 spiro atoms. The van der Waals surface area contributed by atoms with Gasteiger partial charge in [-0.2, -0.15) is 0 Å². The number of rotatable bonds is 5. The highest BCUT2D eigenvalue weighted by Crippen LogP contribution is 2.19. The molecule has 2 heterocycles. The fourth-order valence-corrected chi connectivity index (χ4v) is 3.32. The third kappa shape index (κ3) is 3.60. The highest BCUT2D eigenvalue weighted by molar-refractivity contribution is 9.10. The lowest BCUT2D eigenvalue weighted by Crippen LogP contribution is -2.12. The van der Waals surface area contributed by atoms with Crippen LogP contribution in [-0.4, -0.2) is 16.1 Å². The molecule has 0 aromatic carbocycles. The molecular formula is C10H9BrN2O2S2. The fourth-order valence-electron chi connectivity index (χ4n) is 1.25. The van der Waals surface area contributed by atoms with Crippen LogP contribution in [0.15, 0.2) is 21.3 Å². The lowest BCUT2D eigenvalue weighted by Gasteiger charge is -1.99. The minimum absolute atomic E-state index is 0.140. The topological polar surface area (TPSA) is 62.2 Å². The number of nitrogens with zero attached hydrogens (tertiary/aromatic N) is 1. The summed E-state index contributed by atoms with van der Waals surface area (Å²) in [6.45, 7) is 1.34. The van der Waals surface area contributed by atoms with Crippen LogP contribution in [0.5, 0.6) is 0 Å². The predicted molar refractivity (Wildman–Crippen MR) is 71.6 cm³/mol. The van der Waals surface area contributed by atoms with Gasteiger partial charge in [0.2, 0.25) is 5.01 Å². The number of hydrogen-bond donors (Lipinski definition) is 2. The number of thiophene rings is 1. The Morgan fingerprint density at radius 1 is 1.41 bits per heavy atom. The Bertz CT molecular complexity index is 524. The summed E-state index contributed by atoms with van der Waals surface area (Å²) in [5.41, 5.74) is 0.767. The highest BCUT2D eigenvalue weighted by atomic mass is 79.9. The molecule has 4 nitrogen and oxygen atoms in total. The molecule has 2 N–H and O–H groups in total. The van der Waals surface area contributed by atoms with Crippen molar-refractivity contribution in [1.29, 1.82) is 0 Å². The number of nitrogens with one attached hydrogen (secondary N) is 1. The van der Waals surface area contributed by atoms with Crippen molar-refractivity contribution >= 4 is 44.6 Å². The van der Waals surface area contributed by atoms with E-state index in [4.69, 9.17) is 5.11 Å². The number of hydrogen-bond acceptors (Lipinski definition) is 5. The summed E-state index contributed by atoms with van der Waals surface area (Å²) >= 11 is 6.22. The van der Waals surface area contributed by atoms with E-state index in [-0.39, 0.29) is 5.01 Å². The second-order valence-electron chi connectivity index (χ2n) is 3.28. The first-order chi connectivity index (χ1) is 8.15. The molecule has 0 radical (unpaired) electrons. The van der Waals surface area contributed by atoms with Crippen LogP contribution in [0.25, 0.3) is 0 Å². The summed E-state index contributed by atoms with van der Waals surface area (Å²) in [6.07, 6.45) is 0. The van der Waals surface area contributed by atoms with E-state index in [0.717, 1.165) is 28.0 Å². The van der Waals surface area contributed by atoms with E-state index in [1.807, 2.05) is 5.38 Å². The molecule has 0 unspecified atom stereocenters. The second-order valence-corrected chi connectivity index (χ2v) is 6.05. The molecule has 2 aromatic rings. The maximum Gasteiger partial charge on any atom is 0.365 e.